The van der Waals surface area contributed by atoms with Crippen molar-refractivity contribution < 1.29 is 23.1 Å². The van der Waals surface area contributed by atoms with Gasteiger partial charge in [0, 0.05) is 6.54 Å². The summed E-state index contributed by atoms with van der Waals surface area (Å²) in [7, 11) is -3.68. The van der Waals surface area contributed by atoms with Gasteiger partial charge in [0.25, 0.3) is 0 Å². The fourth-order valence-corrected chi connectivity index (χ4v) is 3.95. The molecule has 0 aromatic heterocycles. The van der Waals surface area contributed by atoms with E-state index in [9.17, 15) is 18.0 Å². The van der Waals surface area contributed by atoms with Crippen molar-refractivity contribution in [1.29, 1.82) is 0 Å². The molecule has 23 heavy (non-hydrogen) atoms. The minimum Gasteiger partial charge on any atom is -0.480 e. The molecule has 1 aliphatic heterocycles. The largest absolute Gasteiger partial charge is 0.480 e. The Morgan fingerprint density at radius 1 is 1.26 bits per heavy atom. The van der Waals surface area contributed by atoms with Gasteiger partial charge in [-0.05, 0) is 24.8 Å². The van der Waals surface area contributed by atoms with Crippen molar-refractivity contribution in [3.05, 3.63) is 35.9 Å². The summed E-state index contributed by atoms with van der Waals surface area (Å²) in [5.41, 5.74) is 0.628. The Kier molecular flexibility index (Phi) is 5.73. The van der Waals surface area contributed by atoms with Gasteiger partial charge in [0.1, 0.15) is 12.6 Å². The second-order valence-corrected chi connectivity index (χ2v) is 7.32. The zero-order chi connectivity index (χ0) is 16.9. The van der Waals surface area contributed by atoms with Crippen LogP contribution in [0.4, 0.5) is 0 Å². The van der Waals surface area contributed by atoms with Gasteiger partial charge in [-0.1, -0.05) is 30.3 Å². The Hall–Kier alpha value is -1.93. The summed E-state index contributed by atoms with van der Waals surface area (Å²) in [6.07, 6.45) is 1.71. The highest BCUT2D eigenvalue weighted by Crippen LogP contribution is 2.14. The van der Waals surface area contributed by atoms with E-state index in [-0.39, 0.29) is 5.75 Å². The molecule has 1 heterocycles. The molecule has 2 N–H and O–H groups in total. The fraction of sp³-hybridized carbons (Fsp3) is 0.467. The van der Waals surface area contributed by atoms with Crippen molar-refractivity contribution in [1.82, 2.24) is 9.62 Å². The van der Waals surface area contributed by atoms with Crippen LogP contribution in [0.5, 0.6) is 0 Å². The number of amides is 1. The van der Waals surface area contributed by atoms with E-state index in [1.54, 1.807) is 30.3 Å². The lowest BCUT2D eigenvalue weighted by Crippen LogP contribution is -2.48. The van der Waals surface area contributed by atoms with Crippen LogP contribution in [0, 0.1) is 0 Å². The van der Waals surface area contributed by atoms with E-state index in [0.29, 0.717) is 31.4 Å². The van der Waals surface area contributed by atoms with Crippen LogP contribution >= 0.6 is 0 Å². The number of likely N-dealkylation sites (tertiary alicyclic amines) is 1. The molecule has 2 rings (SSSR count). The number of hydrogen-bond donors (Lipinski definition) is 2. The minimum absolute atomic E-state index is 0.212. The maximum atomic E-state index is 12.3. The second kappa shape index (κ2) is 7.56. The molecule has 126 valence electrons. The molecule has 7 nitrogen and oxygen atoms in total. The number of carbonyl (C=O) groups is 2. The maximum absolute atomic E-state index is 12.3. The number of carboxylic acids is 1. The smallest absolute Gasteiger partial charge is 0.323 e. The van der Waals surface area contributed by atoms with Crippen LogP contribution < -0.4 is 4.72 Å². The third kappa shape index (κ3) is 5.33. The summed E-state index contributed by atoms with van der Waals surface area (Å²) in [4.78, 5) is 24.4. The number of hydrogen-bond acceptors (Lipinski definition) is 4. The van der Waals surface area contributed by atoms with E-state index >= 15 is 0 Å². The molecule has 0 unspecified atom stereocenters. The normalized spacial score (nSPS) is 19.4. The zero-order valence-electron chi connectivity index (χ0n) is 12.6. The number of nitrogens with zero attached hydrogens (tertiary/aromatic N) is 1. The van der Waals surface area contributed by atoms with E-state index in [2.05, 4.69) is 4.72 Å². The highest BCUT2D eigenvalue weighted by atomic mass is 32.2. The summed E-state index contributed by atoms with van der Waals surface area (Å²) in [6.45, 7) is -0.0716. The standard InChI is InChI=1S/C15H20N2O5S/c18-14(19)10-17-9-5-4-8-13(15(17)20)16-23(21,22)11-12-6-2-1-3-7-12/h1-3,6-7,13,16H,4-5,8-11H2,(H,18,19)/t13-/m0/s1. The third-order valence-corrected chi connectivity index (χ3v) is 4.99. The molecule has 1 saturated heterocycles. The van der Waals surface area contributed by atoms with Gasteiger partial charge in [0.05, 0.1) is 5.75 Å². The molecule has 1 atom stereocenters. The first-order chi connectivity index (χ1) is 10.9. The number of rotatable bonds is 6. The first-order valence-electron chi connectivity index (χ1n) is 7.42. The first-order valence-corrected chi connectivity index (χ1v) is 9.07. The Labute approximate surface area is 135 Å². The molecule has 1 amide bonds. The monoisotopic (exact) mass is 340 g/mol. The Morgan fingerprint density at radius 2 is 1.96 bits per heavy atom. The van der Waals surface area contributed by atoms with Gasteiger partial charge in [-0.15, -0.1) is 0 Å². The number of carboxylic acid groups (broad SMARTS) is 1. The molecule has 0 spiro atoms. The Bertz CT molecular complexity index is 660. The van der Waals surface area contributed by atoms with Crippen molar-refractivity contribution in [2.24, 2.45) is 0 Å². The number of carbonyl (C=O) groups excluding carboxylic acids is 1. The maximum Gasteiger partial charge on any atom is 0.323 e. The van der Waals surface area contributed by atoms with Gasteiger partial charge in [-0.25, -0.2) is 13.1 Å². The molecule has 1 aliphatic rings. The van der Waals surface area contributed by atoms with Crippen LogP contribution in [0.25, 0.3) is 0 Å². The lowest BCUT2D eigenvalue weighted by atomic mass is 10.1. The van der Waals surface area contributed by atoms with Gasteiger partial charge < -0.3 is 10.0 Å². The molecular weight excluding hydrogens is 320 g/mol. The van der Waals surface area contributed by atoms with E-state index in [1.807, 2.05) is 0 Å². The Morgan fingerprint density at radius 3 is 2.61 bits per heavy atom. The summed E-state index contributed by atoms with van der Waals surface area (Å²) in [6, 6.07) is 7.79. The van der Waals surface area contributed by atoms with Crippen LogP contribution in [0.15, 0.2) is 30.3 Å². The van der Waals surface area contributed by atoms with Crippen molar-refractivity contribution in [2.75, 3.05) is 13.1 Å². The number of sulfonamides is 1. The Balaban J connectivity index is 2.07. The van der Waals surface area contributed by atoms with Gasteiger partial charge in [0.2, 0.25) is 15.9 Å². The van der Waals surface area contributed by atoms with Crippen LogP contribution in [-0.4, -0.2) is 49.4 Å². The quantitative estimate of drug-likeness (QED) is 0.788. The van der Waals surface area contributed by atoms with Gasteiger partial charge >= 0.3 is 5.97 Å². The van der Waals surface area contributed by atoms with Crippen molar-refractivity contribution in [2.45, 2.75) is 31.1 Å². The van der Waals surface area contributed by atoms with E-state index in [4.69, 9.17) is 5.11 Å². The molecule has 0 saturated carbocycles. The van der Waals surface area contributed by atoms with Crippen molar-refractivity contribution >= 4 is 21.9 Å². The van der Waals surface area contributed by atoms with Gasteiger partial charge in [0.15, 0.2) is 0 Å². The molecule has 1 aromatic rings. The average Bonchev–Trinajstić information content (AvgIpc) is 2.63. The molecule has 0 radical (unpaired) electrons. The fourth-order valence-electron chi connectivity index (χ4n) is 2.59. The van der Waals surface area contributed by atoms with E-state index in [1.165, 1.54) is 4.90 Å². The van der Waals surface area contributed by atoms with E-state index in [0.717, 1.165) is 0 Å². The summed E-state index contributed by atoms with van der Waals surface area (Å²) in [5, 5.41) is 8.86. The number of benzene rings is 1. The van der Waals surface area contributed by atoms with Crippen LogP contribution in [0.3, 0.4) is 0 Å². The lowest BCUT2D eigenvalue weighted by molar-refractivity contribution is -0.144. The molecule has 0 aliphatic carbocycles. The zero-order valence-corrected chi connectivity index (χ0v) is 13.5. The predicted octanol–water partition coefficient (Wildman–Crippen LogP) is 0.572. The highest BCUT2D eigenvalue weighted by Gasteiger charge is 2.31. The third-order valence-electron chi connectivity index (χ3n) is 3.63. The predicted molar refractivity (Wildman–Crippen MR) is 84.1 cm³/mol. The molecule has 1 fully saturated rings. The minimum atomic E-state index is -3.68. The van der Waals surface area contributed by atoms with Crippen molar-refractivity contribution in [3.8, 4) is 0 Å². The second-order valence-electron chi connectivity index (χ2n) is 5.56. The summed E-state index contributed by atoms with van der Waals surface area (Å²) in [5.74, 6) is -1.79. The van der Waals surface area contributed by atoms with Crippen LogP contribution in [0.2, 0.25) is 0 Å². The first kappa shape index (κ1) is 17.4. The highest BCUT2D eigenvalue weighted by molar-refractivity contribution is 7.88. The lowest BCUT2D eigenvalue weighted by Gasteiger charge is -2.23. The van der Waals surface area contributed by atoms with Gasteiger partial charge in [-0.3, -0.25) is 9.59 Å². The average molecular weight is 340 g/mol. The van der Waals surface area contributed by atoms with Crippen LogP contribution in [-0.2, 0) is 25.4 Å². The topological polar surface area (TPSA) is 104 Å². The molecule has 0 bridgehead atoms. The van der Waals surface area contributed by atoms with Crippen molar-refractivity contribution in [3.63, 3.8) is 0 Å². The number of aliphatic carboxylic acids is 1. The SMILES string of the molecule is O=C(O)CN1CCCC[C@H](NS(=O)(=O)Cc2ccccc2)C1=O. The van der Waals surface area contributed by atoms with Gasteiger partial charge in [-0.2, -0.15) is 0 Å². The molecular formula is C15H20N2O5S. The molecule has 8 heteroatoms. The van der Waals surface area contributed by atoms with E-state index < -0.39 is 34.5 Å². The summed E-state index contributed by atoms with van der Waals surface area (Å²) >= 11 is 0. The molecule has 1 aromatic carbocycles. The number of nitrogens with one attached hydrogen (secondary N) is 1. The van der Waals surface area contributed by atoms with Crippen LogP contribution in [0.1, 0.15) is 24.8 Å². The summed E-state index contributed by atoms with van der Waals surface area (Å²) < 4.78 is 26.9.